The Balaban J connectivity index is 1.75. The highest BCUT2D eigenvalue weighted by Gasteiger charge is 2.18. The van der Waals surface area contributed by atoms with Crippen molar-refractivity contribution in [3.63, 3.8) is 0 Å². The molecule has 2 aromatic heterocycles. The lowest BCUT2D eigenvalue weighted by atomic mass is 10.1. The molecule has 2 aromatic carbocycles. The molecule has 0 aliphatic carbocycles. The SMILES string of the molecule is COc1ccc(OC)c(Sc2nc3c(N)ncnc3n2CCc2ccccc2F)c1. The summed E-state index contributed by atoms with van der Waals surface area (Å²) in [6, 6.07) is 12.3. The summed E-state index contributed by atoms with van der Waals surface area (Å²) in [5, 5.41) is 0.653. The molecule has 4 aromatic rings. The second-order valence-electron chi connectivity index (χ2n) is 6.44. The summed E-state index contributed by atoms with van der Waals surface area (Å²) in [4.78, 5) is 13.9. The minimum absolute atomic E-state index is 0.236. The highest BCUT2D eigenvalue weighted by Crippen LogP contribution is 2.38. The van der Waals surface area contributed by atoms with Crippen LogP contribution in [0.2, 0.25) is 0 Å². The van der Waals surface area contributed by atoms with Gasteiger partial charge in [-0.3, -0.25) is 0 Å². The average molecular weight is 425 g/mol. The van der Waals surface area contributed by atoms with Crippen molar-refractivity contribution in [1.29, 1.82) is 0 Å². The first-order valence-electron chi connectivity index (χ1n) is 9.20. The van der Waals surface area contributed by atoms with E-state index in [0.717, 1.165) is 4.90 Å². The third-order valence-corrected chi connectivity index (χ3v) is 5.69. The maximum atomic E-state index is 14.1. The summed E-state index contributed by atoms with van der Waals surface area (Å²) in [5.41, 5.74) is 7.76. The van der Waals surface area contributed by atoms with Crippen molar-refractivity contribution in [3.05, 3.63) is 60.2 Å². The summed E-state index contributed by atoms with van der Waals surface area (Å²) >= 11 is 1.40. The number of nitrogen functional groups attached to an aromatic ring is 1. The van der Waals surface area contributed by atoms with Crippen LogP contribution in [0.15, 0.2) is 58.8 Å². The molecule has 0 amide bonds. The fraction of sp³-hybridized carbons (Fsp3) is 0.190. The summed E-state index contributed by atoms with van der Waals surface area (Å²) in [6.07, 6.45) is 1.88. The lowest BCUT2D eigenvalue weighted by Crippen LogP contribution is -2.05. The summed E-state index contributed by atoms with van der Waals surface area (Å²) < 4.78 is 26.9. The van der Waals surface area contributed by atoms with Gasteiger partial charge in [-0.05, 0) is 48.0 Å². The maximum absolute atomic E-state index is 14.1. The molecule has 0 bridgehead atoms. The molecule has 0 fully saturated rings. The predicted molar refractivity (Wildman–Crippen MR) is 114 cm³/mol. The van der Waals surface area contributed by atoms with Crippen LogP contribution in [-0.2, 0) is 13.0 Å². The molecular weight excluding hydrogens is 405 g/mol. The Labute approximate surface area is 177 Å². The number of rotatable bonds is 7. The van der Waals surface area contributed by atoms with Gasteiger partial charge in [-0.1, -0.05) is 18.2 Å². The van der Waals surface area contributed by atoms with Crippen LogP contribution in [0.3, 0.4) is 0 Å². The Morgan fingerprint density at radius 1 is 1.10 bits per heavy atom. The number of halogens is 1. The quantitative estimate of drug-likeness (QED) is 0.479. The van der Waals surface area contributed by atoms with E-state index in [4.69, 9.17) is 15.2 Å². The van der Waals surface area contributed by atoms with E-state index in [1.807, 2.05) is 28.8 Å². The largest absolute Gasteiger partial charge is 0.497 e. The highest BCUT2D eigenvalue weighted by atomic mass is 32.2. The first-order valence-corrected chi connectivity index (χ1v) is 10.0. The van der Waals surface area contributed by atoms with Crippen molar-refractivity contribution in [2.24, 2.45) is 0 Å². The van der Waals surface area contributed by atoms with Gasteiger partial charge in [-0.25, -0.2) is 19.3 Å². The first-order chi connectivity index (χ1) is 14.6. The van der Waals surface area contributed by atoms with Crippen molar-refractivity contribution in [3.8, 4) is 11.5 Å². The zero-order chi connectivity index (χ0) is 21.1. The van der Waals surface area contributed by atoms with E-state index in [-0.39, 0.29) is 5.82 Å². The van der Waals surface area contributed by atoms with E-state index in [2.05, 4.69) is 15.0 Å². The molecule has 0 saturated heterocycles. The highest BCUT2D eigenvalue weighted by molar-refractivity contribution is 7.99. The average Bonchev–Trinajstić information content (AvgIpc) is 3.11. The number of fused-ring (bicyclic) bond motifs is 1. The van der Waals surface area contributed by atoms with Gasteiger partial charge in [-0.2, -0.15) is 0 Å². The van der Waals surface area contributed by atoms with Gasteiger partial charge in [0.15, 0.2) is 22.1 Å². The first kappa shape index (κ1) is 20.0. The van der Waals surface area contributed by atoms with Gasteiger partial charge in [0.2, 0.25) is 0 Å². The minimum Gasteiger partial charge on any atom is -0.497 e. The topological polar surface area (TPSA) is 88.1 Å². The Morgan fingerprint density at radius 3 is 2.70 bits per heavy atom. The van der Waals surface area contributed by atoms with Crippen molar-refractivity contribution < 1.29 is 13.9 Å². The van der Waals surface area contributed by atoms with Crippen LogP contribution >= 0.6 is 11.8 Å². The van der Waals surface area contributed by atoms with Crippen molar-refractivity contribution in [2.45, 2.75) is 23.0 Å². The Hall–Kier alpha value is -3.33. The zero-order valence-electron chi connectivity index (χ0n) is 16.5. The van der Waals surface area contributed by atoms with Crippen molar-refractivity contribution in [2.75, 3.05) is 20.0 Å². The van der Waals surface area contributed by atoms with E-state index in [1.165, 1.54) is 24.2 Å². The van der Waals surface area contributed by atoms with Crippen LogP contribution in [0.25, 0.3) is 11.2 Å². The molecule has 154 valence electrons. The molecule has 9 heteroatoms. The number of ether oxygens (including phenoxy) is 2. The number of imidazole rings is 1. The number of methoxy groups -OCH3 is 2. The normalized spacial score (nSPS) is 11.0. The van der Waals surface area contributed by atoms with E-state index in [1.54, 1.807) is 26.4 Å². The number of aromatic nitrogens is 4. The van der Waals surface area contributed by atoms with Crippen molar-refractivity contribution >= 4 is 28.7 Å². The minimum atomic E-state index is -0.236. The number of hydrogen-bond acceptors (Lipinski definition) is 7. The van der Waals surface area contributed by atoms with E-state index >= 15 is 0 Å². The van der Waals surface area contributed by atoms with Crippen LogP contribution in [-0.4, -0.2) is 33.7 Å². The van der Waals surface area contributed by atoms with Gasteiger partial charge in [0.1, 0.15) is 23.6 Å². The fourth-order valence-electron chi connectivity index (χ4n) is 3.11. The summed E-state index contributed by atoms with van der Waals surface area (Å²) in [6.45, 7) is 0.475. The Bertz CT molecular complexity index is 1200. The smallest absolute Gasteiger partial charge is 0.175 e. The molecule has 2 N–H and O–H groups in total. The second-order valence-corrected chi connectivity index (χ2v) is 7.45. The van der Waals surface area contributed by atoms with Gasteiger partial charge >= 0.3 is 0 Å². The van der Waals surface area contributed by atoms with Crippen LogP contribution in [0, 0.1) is 5.82 Å². The molecule has 7 nitrogen and oxygen atoms in total. The Kier molecular flexibility index (Phi) is 5.71. The van der Waals surface area contributed by atoms with Gasteiger partial charge in [0, 0.05) is 6.54 Å². The van der Waals surface area contributed by atoms with Crippen LogP contribution in [0.5, 0.6) is 11.5 Å². The van der Waals surface area contributed by atoms with Gasteiger partial charge in [0.25, 0.3) is 0 Å². The third kappa shape index (κ3) is 3.88. The number of nitrogens with zero attached hydrogens (tertiary/aromatic N) is 4. The summed E-state index contributed by atoms with van der Waals surface area (Å²) in [7, 11) is 3.21. The molecule has 4 rings (SSSR count). The standard InChI is InChI=1S/C21H20FN5O2S/c1-28-14-7-8-16(29-2)17(11-14)30-21-26-18-19(23)24-12-25-20(18)27(21)10-9-13-5-3-4-6-15(13)22/h3-8,11-12H,9-10H2,1-2H3,(H2,23,24,25). The molecule has 0 radical (unpaired) electrons. The Morgan fingerprint density at radius 2 is 1.93 bits per heavy atom. The molecule has 0 saturated carbocycles. The number of anilines is 1. The fourth-order valence-corrected chi connectivity index (χ4v) is 4.16. The van der Waals surface area contributed by atoms with Gasteiger partial charge in [-0.15, -0.1) is 0 Å². The van der Waals surface area contributed by atoms with Crippen molar-refractivity contribution in [1.82, 2.24) is 19.5 Å². The van der Waals surface area contributed by atoms with E-state index in [0.29, 0.717) is 52.2 Å². The molecule has 0 spiro atoms. The van der Waals surface area contributed by atoms with Gasteiger partial charge < -0.3 is 19.8 Å². The lowest BCUT2D eigenvalue weighted by molar-refractivity contribution is 0.394. The molecule has 0 unspecified atom stereocenters. The molecule has 30 heavy (non-hydrogen) atoms. The zero-order valence-corrected chi connectivity index (χ0v) is 17.3. The lowest BCUT2D eigenvalue weighted by Gasteiger charge is -2.12. The maximum Gasteiger partial charge on any atom is 0.175 e. The molecule has 2 heterocycles. The number of hydrogen-bond donors (Lipinski definition) is 1. The number of nitrogens with two attached hydrogens (primary N) is 1. The third-order valence-electron chi connectivity index (χ3n) is 4.66. The van der Waals surface area contributed by atoms with Gasteiger partial charge in [0.05, 0.1) is 19.1 Å². The molecule has 0 aliphatic heterocycles. The molecule has 0 aliphatic rings. The van der Waals surface area contributed by atoms with Crippen LogP contribution in [0.1, 0.15) is 5.56 Å². The molecular formula is C21H20FN5O2S. The van der Waals surface area contributed by atoms with Crippen LogP contribution < -0.4 is 15.2 Å². The van der Waals surface area contributed by atoms with E-state index < -0.39 is 0 Å². The summed E-state index contributed by atoms with van der Waals surface area (Å²) in [5.74, 6) is 1.45. The number of aryl methyl sites for hydroxylation is 2. The monoisotopic (exact) mass is 425 g/mol. The van der Waals surface area contributed by atoms with E-state index in [9.17, 15) is 4.39 Å². The van der Waals surface area contributed by atoms with Crippen LogP contribution in [0.4, 0.5) is 10.2 Å². The number of benzene rings is 2. The molecule has 0 atom stereocenters. The second kappa shape index (κ2) is 8.58. The predicted octanol–water partition coefficient (Wildman–Crippen LogP) is 3.96.